The highest BCUT2D eigenvalue weighted by Gasteiger charge is 2.17. The zero-order valence-electron chi connectivity index (χ0n) is 8.75. The van der Waals surface area contributed by atoms with Crippen molar-refractivity contribution in [1.29, 1.82) is 0 Å². The highest BCUT2D eigenvalue weighted by atomic mass is 31.2. The normalized spacial score (nSPS) is 11.3. The van der Waals surface area contributed by atoms with E-state index in [0.717, 1.165) is 0 Å². The van der Waals surface area contributed by atoms with E-state index in [1.54, 1.807) is 0 Å². The molecule has 0 fully saturated rings. The average Bonchev–Trinajstić information content (AvgIpc) is 2.01. The molecule has 0 saturated carbocycles. The fourth-order valence-corrected chi connectivity index (χ4v) is 2.66. The van der Waals surface area contributed by atoms with Crippen LogP contribution >= 0.6 is 7.26 Å². The lowest BCUT2D eigenvalue weighted by atomic mass is 10.1. The number of rotatable bonds is 3. The largest absolute Gasteiger partial charge is 0.0985 e. The molecule has 0 spiro atoms. The molecule has 13 heavy (non-hydrogen) atoms. The van der Waals surface area contributed by atoms with Gasteiger partial charge in [-0.2, -0.15) is 0 Å². The third kappa shape index (κ3) is 3.74. The van der Waals surface area contributed by atoms with E-state index >= 15 is 0 Å². The maximum absolute atomic E-state index is 3.78. The van der Waals surface area contributed by atoms with Gasteiger partial charge in [-0.3, -0.25) is 0 Å². The molecule has 0 bridgehead atoms. The summed E-state index contributed by atoms with van der Waals surface area (Å²) in [5, 5.41) is 0. The van der Waals surface area contributed by atoms with E-state index in [1.807, 2.05) is 6.08 Å². The molecule has 70 valence electrons. The summed E-state index contributed by atoms with van der Waals surface area (Å²) < 4.78 is 0. The van der Waals surface area contributed by atoms with Crippen molar-refractivity contribution in [3.8, 4) is 0 Å². The Morgan fingerprint density at radius 1 is 1.31 bits per heavy atom. The van der Waals surface area contributed by atoms with Crippen molar-refractivity contribution in [2.45, 2.75) is 6.16 Å². The summed E-state index contributed by atoms with van der Waals surface area (Å²) in [6.45, 7) is 10.9. The van der Waals surface area contributed by atoms with Gasteiger partial charge < -0.3 is 0 Å². The minimum Gasteiger partial charge on any atom is -0.0985 e. The number of benzene rings is 1. The molecule has 0 atom stereocenters. The molecule has 0 amide bonds. The quantitative estimate of drug-likeness (QED) is 0.641. The highest BCUT2D eigenvalue weighted by Crippen LogP contribution is 2.49. The predicted octanol–water partition coefficient (Wildman–Crippen LogP) is 3.74. The smallest absolute Gasteiger partial charge is 0.0835 e. The lowest BCUT2D eigenvalue weighted by Gasteiger charge is -2.11. The summed E-state index contributed by atoms with van der Waals surface area (Å²) in [4.78, 5) is 0. The molecule has 0 aliphatic heterocycles. The van der Waals surface area contributed by atoms with Crippen LogP contribution in [0.4, 0.5) is 0 Å². The summed E-state index contributed by atoms with van der Waals surface area (Å²) in [5.41, 5.74) is 2.67. The lowest BCUT2D eigenvalue weighted by molar-refractivity contribution is 1.37. The third-order valence-corrected chi connectivity index (χ3v) is 3.16. The van der Waals surface area contributed by atoms with Crippen LogP contribution in [0.1, 0.15) is 11.1 Å². The topological polar surface area (TPSA) is 0 Å². The summed E-state index contributed by atoms with van der Waals surface area (Å²) in [6, 6.07) is 8.65. The second-order valence-electron chi connectivity index (χ2n) is 4.40. The van der Waals surface area contributed by atoms with Crippen LogP contribution < -0.4 is 0 Å². The second kappa shape index (κ2) is 4.07. The molecule has 0 radical (unpaired) electrons. The fourth-order valence-electron chi connectivity index (χ4n) is 1.37. The van der Waals surface area contributed by atoms with E-state index in [-0.39, 0.29) is 0 Å². The first-order valence-corrected chi connectivity index (χ1v) is 7.85. The van der Waals surface area contributed by atoms with Crippen molar-refractivity contribution in [2.75, 3.05) is 20.0 Å². The van der Waals surface area contributed by atoms with Gasteiger partial charge in [-0.15, -0.1) is 0 Å². The zero-order valence-corrected chi connectivity index (χ0v) is 9.64. The Bertz CT molecular complexity index is 294. The van der Waals surface area contributed by atoms with Crippen molar-refractivity contribution in [1.82, 2.24) is 0 Å². The summed E-state index contributed by atoms with van der Waals surface area (Å²) in [7, 11) is -0.702. The number of hydrogen-bond acceptors (Lipinski definition) is 0. The van der Waals surface area contributed by atoms with Crippen LogP contribution in [-0.4, -0.2) is 20.0 Å². The van der Waals surface area contributed by atoms with E-state index in [0.29, 0.717) is 0 Å². The van der Waals surface area contributed by atoms with Gasteiger partial charge in [-0.25, -0.2) is 0 Å². The third-order valence-electron chi connectivity index (χ3n) is 1.84. The molecule has 0 aliphatic carbocycles. The lowest BCUT2D eigenvalue weighted by Crippen LogP contribution is -1.91. The molecule has 0 N–H and O–H groups in total. The van der Waals surface area contributed by atoms with Crippen LogP contribution in [0.3, 0.4) is 0 Å². The van der Waals surface area contributed by atoms with Gasteiger partial charge in [0.1, 0.15) is 0 Å². The van der Waals surface area contributed by atoms with Crippen LogP contribution in [0.15, 0.2) is 30.8 Å². The van der Waals surface area contributed by atoms with Crippen molar-refractivity contribution >= 4 is 13.3 Å². The summed E-state index contributed by atoms with van der Waals surface area (Å²) >= 11 is 0. The van der Waals surface area contributed by atoms with Crippen LogP contribution in [0.25, 0.3) is 6.08 Å². The van der Waals surface area contributed by atoms with E-state index in [9.17, 15) is 0 Å². The Morgan fingerprint density at radius 2 is 2.00 bits per heavy atom. The minimum atomic E-state index is -0.702. The molecule has 0 heterocycles. The SMILES string of the molecule is C=Cc1cccc(C[P+](C)(C)C)c1. The average molecular weight is 193 g/mol. The minimum absolute atomic E-state index is 0.702. The molecule has 1 heteroatoms. The Kier molecular flexibility index (Phi) is 3.27. The van der Waals surface area contributed by atoms with Crippen LogP contribution in [-0.2, 0) is 6.16 Å². The first-order valence-electron chi connectivity index (χ1n) is 4.53. The maximum Gasteiger partial charge on any atom is 0.0835 e. The standard InChI is InChI=1S/C12H18P/c1-5-11-7-6-8-12(9-11)10-13(2,3)4/h5-9H,1,10H2,2-4H3/q+1. The van der Waals surface area contributed by atoms with Gasteiger partial charge in [-0.1, -0.05) is 30.9 Å². The van der Waals surface area contributed by atoms with Gasteiger partial charge in [0.25, 0.3) is 0 Å². The van der Waals surface area contributed by atoms with E-state index < -0.39 is 7.26 Å². The Labute approximate surface area is 82.0 Å². The van der Waals surface area contributed by atoms with Gasteiger partial charge >= 0.3 is 0 Å². The number of hydrogen-bond donors (Lipinski definition) is 0. The first kappa shape index (κ1) is 10.5. The van der Waals surface area contributed by atoms with Crippen LogP contribution in [0, 0.1) is 0 Å². The van der Waals surface area contributed by atoms with Gasteiger partial charge in [0.2, 0.25) is 0 Å². The summed E-state index contributed by atoms with van der Waals surface area (Å²) in [5.74, 6) is 0. The Hall–Kier alpha value is -0.610. The maximum atomic E-state index is 3.78. The molecular formula is C12H18P+. The Balaban J connectivity index is 2.84. The van der Waals surface area contributed by atoms with Crippen LogP contribution in [0.2, 0.25) is 0 Å². The molecule has 0 unspecified atom stereocenters. The Morgan fingerprint density at radius 3 is 2.54 bits per heavy atom. The second-order valence-corrected chi connectivity index (χ2v) is 9.29. The van der Waals surface area contributed by atoms with Crippen molar-refractivity contribution < 1.29 is 0 Å². The molecular weight excluding hydrogens is 175 g/mol. The van der Waals surface area contributed by atoms with Crippen molar-refractivity contribution in [3.05, 3.63) is 42.0 Å². The molecule has 1 aromatic carbocycles. The zero-order chi connectivity index (χ0) is 9.90. The van der Waals surface area contributed by atoms with Gasteiger partial charge in [0.05, 0.1) is 6.16 Å². The fraction of sp³-hybridized carbons (Fsp3) is 0.333. The van der Waals surface area contributed by atoms with Gasteiger partial charge in [0, 0.05) is 27.3 Å². The molecule has 0 aliphatic rings. The molecule has 1 aromatic rings. The van der Waals surface area contributed by atoms with E-state index in [1.165, 1.54) is 17.3 Å². The van der Waals surface area contributed by atoms with E-state index in [2.05, 4.69) is 50.8 Å². The molecule has 0 nitrogen and oxygen atoms in total. The van der Waals surface area contributed by atoms with Gasteiger partial charge in [0.15, 0.2) is 0 Å². The van der Waals surface area contributed by atoms with Crippen LogP contribution in [0.5, 0.6) is 0 Å². The molecule has 0 saturated heterocycles. The predicted molar refractivity (Wildman–Crippen MR) is 64.9 cm³/mol. The van der Waals surface area contributed by atoms with Crippen molar-refractivity contribution in [2.24, 2.45) is 0 Å². The van der Waals surface area contributed by atoms with Crippen molar-refractivity contribution in [3.63, 3.8) is 0 Å². The van der Waals surface area contributed by atoms with Gasteiger partial charge in [-0.05, 0) is 17.2 Å². The molecule has 0 aromatic heterocycles. The molecule has 1 rings (SSSR count). The monoisotopic (exact) mass is 193 g/mol. The first-order chi connectivity index (χ1) is 6.01. The highest BCUT2D eigenvalue weighted by molar-refractivity contribution is 7.72. The van der Waals surface area contributed by atoms with E-state index in [4.69, 9.17) is 0 Å². The summed E-state index contributed by atoms with van der Waals surface area (Å²) in [6.07, 6.45) is 3.14.